The Labute approximate surface area is 176 Å². The van der Waals surface area contributed by atoms with Crippen LogP contribution in [-0.2, 0) is 11.2 Å². The maximum atomic E-state index is 13.3. The highest BCUT2D eigenvalue weighted by molar-refractivity contribution is 7.99. The van der Waals surface area contributed by atoms with Crippen molar-refractivity contribution in [2.45, 2.75) is 75.4 Å². The molecule has 0 aliphatic heterocycles. The van der Waals surface area contributed by atoms with Crippen molar-refractivity contribution in [2.24, 2.45) is 17.8 Å². The van der Waals surface area contributed by atoms with Gasteiger partial charge in [0.2, 0.25) is 5.91 Å². The van der Waals surface area contributed by atoms with Crippen LogP contribution < -0.4 is 5.56 Å². The van der Waals surface area contributed by atoms with Crippen LogP contribution in [-0.4, -0.2) is 38.6 Å². The summed E-state index contributed by atoms with van der Waals surface area (Å²) in [4.78, 5) is 34.5. The lowest BCUT2D eigenvalue weighted by atomic mass is 9.52. The Balaban J connectivity index is 1.49. The topological polar surface area (TPSA) is 89.9 Å². The number of nitrogens with one attached hydrogen (secondary N) is 1. The Morgan fingerprint density at radius 1 is 1.31 bits per heavy atom. The number of nitrogens with zero attached hydrogens (tertiary/aromatic N) is 3. The number of H-pyrrole nitrogens is 1. The molecule has 0 unspecified atom stereocenters. The zero-order valence-corrected chi connectivity index (χ0v) is 18.0. The number of aromatic nitrogens is 2. The number of hydrogen-bond donors (Lipinski definition) is 1. The first-order valence-electron chi connectivity index (χ1n) is 10.9. The van der Waals surface area contributed by atoms with Gasteiger partial charge in [-0.05, 0) is 62.7 Å². The third-order valence-electron chi connectivity index (χ3n) is 6.94. The summed E-state index contributed by atoms with van der Waals surface area (Å²) in [5.41, 5.74) is 0.558. The number of amides is 1. The van der Waals surface area contributed by atoms with Crippen LogP contribution in [0.25, 0.3) is 0 Å². The predicted octanol–water partition coefficient (Wildman–Crippen LogP) is 3.53. The van der Waals surface area contributed by atoms with E-state index in [0.29, 0.717) is 18.1 Å². The number of nitriles is 1. The number of carbonyl (C=O) groups excluding carboxylic acids is 1. The quantitative estimate of drug-likeness (QED) is 0.519. The molecule has 0 saturated heterocycles. The lowest BCUT2D eigenvalue weighted by molar-refractivity contribution is -0.147. The maximum absolute atomic E-state index is 13.3. The Bertz CT molecular complexity index is 824. The summed E-state index contributed by atoms with van der Waals surface area (Å²) in [5, 5.41) is 9.67. The van der Waals surface area contributed by atoms with Gasteiger partial charge < -0.3 is 9.88 Å². The van der Waals surface area contributed by atoms with Crippen molar-refractivity contribution in [3.05, 3.63) is 22.1 Å². The monoisotopic (exact) mass is 414 g/mol. The molecule has 1 N–H and O–H groups in total. The molecule has 4 aliphatic carbocycles. The minimum atomic E-state index is -0.166. The Kier molecular flexibility index (Phi) is 6.00. The second-order valence-electron chi connectivity index (χ2n) is 9.18. The summed E-state index contributed by atoms with van der Waals surface area (Å²) in [6, 6.07) is 3.76. The van der Waals surface area contributed by atoms with E-state index in [4.69, 9.17) is 5.26 Å². The summed E-state index contributed by atoms with van der Waals surface area (Å²) in [7, 11) is 0. The second kappa shape index (κ2) is 8.51. The molecule has 1 aromatic rings. The molecule has 5 rings (SSSR count). The molecular formula is C22H30N4O2S. The Morgan fingerprint density at radius 3 is 2.55 bits per heavy atom. The number of carbonyl (C=O) groups is 1. The number of aryl methyl sites for hydroxylation is 1. The predicted molar refractivity (Wildman–Crippen MR) is 112 cm³/mol. The summed E-state index contributed by atoms with van der Waals surface area (Å²) < 4.78 is 0. The first kappa shape index (κ1) is 20.5. The smallest absolute Gasteiger partial charge is 0.251 e. The van der Waals surface area contributed by atoms with E-state index in [0.717, 1.165) is 55.6 Å². The normalized spacial score (nSPS) is 29.6. The first-order valence-corrected chi connectivity index (χ1v) is 11.9. The number of thioether (sulfide) groups is 1. The Hall–Kier alpha value is -1.81. The van der Waals surface area contributed by atoms with Crippen molar-refractivity contribution in [1.82, 2.24) is 14.9 Å². The molecule has 29 heavy (non-hydrogen) atoms. The second-order valence-corrected chi connectivity index (χ2v) is 10.1. The molecule has 4 fully saturated rings. The minimum absolute atomic E-state index is 0.0475. The molecule has 0 radical (unpaired) electrons. The molecule has 1 amide bonds. The fourth-order valence-corrected chi connectivity index (χ4v) is 7.10. The van der Waals surface area contributed by atoms with E-state index >= 15 is 0 Å². The van der Waals surface area contributed by atoms with Gasteiger partial charge in [-0.25, -0.2) is 4.98 Å². The van der Waals surface area contributed by atoms with Crippen LogP contribution in [0.15, 0.2) is 16.0 Å². The summed E-state index contributed by atoms with van der Waals surface area (Å²) in [5.74, 6) is 2.57. The molecule has 4 aliphatic rings. The minimum Gasteiger partial charge on any atom is -0.335 e. The van der Waals surface area contributed by atoms with Crippen molar-refractivity contribution >= 4 is 17.7 Å². The Morgan fingerprint density at radius 2 is 1.97 bits per heavy atom. The van der Waals surface area contributed by atoms with Gasteiger partial charge in [0.1, 0.15) is 0 Å². The molecular weight excluding hydrogens is 384 g/mol. The van der Waals surface area contributed by atoms with Crippen molar-refractivity contribution in [1.29, 1.82) is 5.26 Å². The van der Waals surface area contributed by atoms with Gasteiger partial charge in [0, 0.05) is 23.8 Å². The molecule has 1 aromatic heterocycles. The molecule has 0 aromatic carbocycles. The van der Waals surface area contributed by atoms with Gasteiger partial charge in [-0.3, -0.25) is 9.59 Å². The molecule has 6 nitrogen and oxygen atoms in total. The van der Waals surface area contributed by atoms with E-state index in [9.17, 15) is 9.59 Å². The van der Waals surface area contributed by atoms with Gasteiger partial charge >= 0.3 is 0 Å². The van der Waals surface area contributed by atoms with E-state index in [-0.39, 0.29) is 22.8 Å². The van der Waals surface area contributed by atoms with Gasteiger partial charge in [-0.15, -0.1) is 0 Å². The number of rotatable bonds is 8. The number of hydrogen-bond acceptors (Lipinski definition) is 5. The van der Waals surface area contributed by atoms with Gasteiger partial charge in [-0.2, -0.15) is 5.26 Å². The van der Waals surface area contributed by atoms with Gasteiger partial charge in [0.05, 0.1) is 18.2 Å². The van der Waals surface area contributed by atoms with Crippen LogP contribution in [0.3, 0.4) is 0 Å². The van der Waals surface area contributed by atoms with Crippen molar-refractivity contribution in [2.75, 3.05) is 12.3 Å². The van der Waals surface area contributed by atoms with Crippen molar-refractivity contribution < 1.29 is 4.79 Å². The lowest BCUT2D eigenvalue weighted by Crippen LogP contribution is -2.62. The molecule has 4 saturated carbocycles. The highest BCUT2D eigenvalue weighted by Crippen LogP contribution is 2.57. The molecule has 7 heteroatoms. The highest BCUT2D eigenvalue weighted by Gasteiger charge is 2.54. The summed E-state index contributed by atoms with van der Waals surface area (Å²) in [6.07, 6.45) is 9.32. The van der Waals surface area contributed by atoms with Crippen molar-refractivity contribution in [3.8, 4) is 6.07 Å². The molecule has 0 atom stereocenters. The molecule has 1 heterocycles. The summed E-state index contributed by atoms with van der Waals surface area (Å²) >= 11 is 1.31. The fraction of sp³-hybridized carbons (Fsp3) is 0.727. The van der Waals surface area contributed by atoms with Crippen LogP contribution in [0.1, 0.15) is 64.0 Å². The third-order valence-corrected chi connectivity index (χ3v) is 7.80. The van der Waals surface area contributed by atoms with Crippen LogP contribution in [0.5, 0.6) is 0 Å². The zero-order valence-electron chi connectivity index (χ0n) is 17.2. The van der Waals surface area contributed by atoms with Crippen LogP contribution >= 0.6 is 11.8 Å². The van der Waals surface area contributed by atoms with E-state index < -0.39 is 0 Å². The fourth-order valence-electron chi connectivity index (χ4n) is 6.33. The average molecular weight is 415 g/mol. The van der Waals surface area contributed by atoms with Gasteiger partial charge in [0.15, 0.2) is 5.16 Å². The first-order chi connectivity index (χ1) is 14.0. The largest absolute Gasteiger partial charge is 0.335 e. The zero-order chi connectivity index (χ0) is 20.4. The third kappa shape index (κ3) is 4.37. The molecule has 156 valence electrons. The average Bonchev–Trinajstić information content (AvgIpc) is 2.65. The van der Waals surface area contributed by atoms with E-state index in [1.807, 2.05) is 4.90 Å². The van der Waals surface area contributed by atoms with E-state index in [1.165, 1.54) is 37.1 Å². The SMILES string of the molecule is CCCc1cc(=O)[nH]c(SCC(=O)N(CCC#N)C23CC4CC(CC(C4)C2)C3)n1. The van der Waals surface area contributed by atoms with E-state index in [1.54, 1.807) is 0 Å². The standard InChI is InChI=1S/C22H30N4O2S/c1-2-4-18-10-19(27)25-21(24-18)29-14-20(28)26(6-3-5-23)22-11-15-7-16(12-22)9-17(8-15)13-22/h10,15-17H,2-4,6-9,11-14H2,1H3,(H,24,25,27). The maximum Gasteiger partial charge on any atom is 0.251 e. The molecule has 0 spiro atoms. The van der Waals surface area contributed by atoms with Gasteiger partial charge in [-0.1, -0.05) is 25.1 Å². The summed E-state index contributed by atoms with van der Waals surface area (Å²) in [6.45, 7) is 2.57. The van der Waals surface area contributed by atoms with Crippen LogP contribution in [0.4, 0.5) is 0 Å². The molecule has 4 bridgehead atoms. The van der Waals surface area contributed by atoms with Crippen LogP contribution in [0, 0.1) is 29.1 Å². The van der Waals surface area contributed by atoms with Crippen LogP contribution in [0.2, 0.25) is 0 Å². The van der Waals surface area contributed by atoms with E-state index in [2.05, 4.69) is 23.0 Å². The van der Waals surface area contributed by atoms with Crippen molar-refractivity contribution in [3.63, 3.8) is 0 Å². The number of aromatic amines is 1. The highest BCUT2D eigenvalue weighted by atomic mass is 32.2. The lowest BCUT2D eigenvalue weighted by Gasteiger charge is -2.60. The van der Waals surface area contributed by atoms with Gasteiger partial charge in [0.25, 0.3) is 5.56 Å².